The molecule has 3 rings (SSSR count). The summed E-state index contributed by atoms with van der Waals surface area (Å²) in [6, 6.07) is 7.17. The Morgan fingerprint density at radius 3 is 3.00 bits per heavy atom. The number of hydrogen-bond donors (Lipinski definition) is 1. The van der Waals surface area contributed by atoms with Gasteiger partial charge < -0.3 is 10.3 Å². The van der Waals surface area contributed by atoms with Gasteiger partial charge in [-0.25, -0.2) is 4.98 Å². The van der Waals surface area contributed by atoms with Crippen LogP contribution in [-0.4, -0.2) is 15.3 Å². The molecule has 0 spiro atoms. The van der Waals surface area contributed by atoms with Crippen LogP contribution in [0.15, 0.2) is 30.5 Å². The summed E-state index contributed by atoms with van der Waals surface area (Å²) in [6.07, 6.45) is 2.50. The van der Waals surface area contributed by atoms with Crippen molar-refractivity contribution in [1.82, 2.24) is 9.55 Å². The molecule has 0 saturated heterocycles. The highest BCUT2D eigenvalue weighted by atomic mass is 16.1. The van der Waals surface area contributed by atoms with Gasteiger partial charge in [0.2, 0.25) is 0 Å². The predicted octanol–water partition coefficient (Wildman–Crippen LogP) is 1.45. The van der Waals surface area contributed by atoms with Gasteiger partial charge in [-0.2, -0.15) is 0 Å². The number of carbonyl (C=O) groups is 1. The number of hydrogen-bond acceptors (Lipinski definition) is 3. The Kier molecular flexibility index (Phi) is 2.38. The Hall–Kier alpha value is -2.54. The molecule has 0 aromatic carbocycles. The third-order valence-electron chi connectivity index (χ3n) is 2.87. The third kappa shape index (κ3) is 1.87. The largest absolute Gasteiger partial charge is 0.384 e. The molecule has 3 heterocycles. The van der Waals surface area contributed by atoms with E-state index in [1.807, 2.05) is 22.9 Å². The number of ketones is 1. The third-order valence-corrected chi connectivity index (χ3v) is 2.87. The van der Waals surface area contributed by atoms with Gasteiger partial charge >= 0.3 is 0 Å². The van der Waals surface area contributed by atoms with Crippen LogP contribution < -0.4 is 5.73 Å². The second-order valence-corrected chi connectivity index (χ2v) is 4.18. The number of rotatable bonds is 0. The Balaban J connectivity index is 1.90. The first-order valence-electron chi connectivity index (χ1n) is 5.70. The fraction of sp³-hybridized carbons (Fsp3) is 0.143. The van der Waals surface area contributed by atoms with Crippen LogP contribution in [0, 0.1) is 11.8 Å². The molecule has 4 nitrogen and oxygen atoms in total. The van der Waals surface area contributed by atoms with E-state index in [0.29, 0.717) is 17.9 Å². The van der Waals surface area contributed by atoms with Crippen molar-refractivity contribution in [1.29, 1.82) is 0 Å². The average Bonchev–Trinajstić information content (AvgIpc) is 2.90. The number of aryl methyl sites for hydroxylation is 1. The van der Waals surface area contributed by atoms with E-state index in [1.165, 1.54) is 0 Å². The smallest absolute Gasteiger partial charge is 0.181 e. The Labute approximate surface area is 104 Å². The Morgan fingerprint density at radius 1 is 1.33 bits per heavy atom. The van der Waals surface area contributed by atoms with Crippen molar-refractivity contribution in [2.24, 2.45) is 0 Å². The minimum absolute atomic E-state index is 0.185. The number of Topliss-reactive ketones (excluding diaryl/α,β-unsaturated/α-hetero) is 1. The fourth-order valence-corrected chi connectivity index (χ4v) is 2.01. The van der Waals surface area contributed by atoms with Crippen molar-refractivity contribution in [3.05, 3.63) is 47.4 Å². The lowest BCUT2D eigenvalue weighted by Crippen LogP contribution is -1.91. The van der Waals surface area contributed by atoms with Crippen LogP contribution in [0.4, 0.5) is 5.82 Å². The summed E-state index contributed by atoms with van der Waals surface area (Å²) in [6.45, 7) is 0.756. The van der Waals surface area contributed by atoms with E-state index in [0.717, 1.165) is 17.8 Å². The van der Waals surface area contributed by atoms with Gasteiger partial charge in [-0.1, -0.05) is 12.0 Å². The molecule has 1 aliphatic rings. The van der Waals surface area contributed by atoms with Crippen LogP contribution in [0.1, 0.15) is 28.2 Å². The molecule has 1 aliphatic heterocycles. The van der Waals surface area contributed by atoms with E-state index in [4.69, 9.17) is 5.73 Å². The maximum Gasteiger partial charge on any atom is 0.181 e. The zero-order valence-corrected chi connectivity index (χ0v) is 9.68. The summed E-state index contributed by atoms with van der Waals surface area (Å²) in [5, 5.41) is 0. The molecule has 0 atom stereocenters. The predicted molar refractivity (Wildman–Crippen MR) is 68.0 cm³/mol. The van der Waals surface area contributed by atoms with Gasteiger partial charge in [0.05, 0.1) is 5.69 Å². The van der Waals surface area contributed by atoms with E-state index in [1.54, 1.807) is 12.1 Å². The Morgan fingerprint density at radius 2 is 2.22 bits per heavy atom. The van der Waals surface area contributed by atoms with Gasteiger partial charge in [0.15, 0.2) is 5.78 Å². The molecule has 4 heteroatoms. The maximum atomic E-state index is 11.5. The molecule has 0 bridgehead atoms. The molecule has 0 radical (unpaired) electrons. The van der Waals surface area contributed by atoms with Crippen LogP contribution in [0.5, 0.6) is 0 Å². The average molecular weight is 237 g/mol. The van der Waals surface area contributed by atoms with Crippen molar-refractivity contribution in [3.8, 4) is 11.8 Å². The minimum atomic E-state index is 0.185. The molecule has 0 fully saturated rings. The van der Waals surface area contributed by atoms with Crippen molar-refractivity contribution < 1.29 is 4.79 Å². The second-order valence-electron chi connectivity index (χ2n) is 4.18. The number of nitrogen functional groups attached to an aromatic ring is 1. The quantitative estimate of drug-likeness (QED) is 0.705. The summed E-state index contributed by atoms with van der Waals surface area (Å²) in [5.74, 6) is 6.58. The van der Waals surface area contributed by atoms with Gasteiger partial charge in [-0.15, -0.1) is 0 Å². The molecule has 2 aromatic heterocycles. The van der Waals surface area contributed by atoms with Crippen molar-refractivity contribution in [2.75, 3.05) is 5.73 Å². The van der Waals surface area contributed by atoms with E-state index >= 15 is 0 Å². The molecule has 0 amide bonds. The van der Waals surface area contributed by atoms with Crippen molar-refractivity contribution in [2.45, 2.75) is 13.0 Å². The topological polar surface area (TPSA) is 60.9 Å². The highest BCUT2D eigenvalue weighted by Gasteiger charge is 2.19. The molecule has 88 valence electrons. The maximum absolute atomic E-state index is 11.5. The van der Waals surface area contributed by atoms with Crippen LogP contribution >= 0.6 is 0 Å². The van der Waals surface area contributed by atoms with Gasteiger partial charge in [0.1, 0.15) is 11.5 Å². The second kappa shape index (κ2) is 4.04. The zero-order valence-electron chi connectivity index (χ0n) is 9.68. The summed E-state index contributed by atoms with van der Waals surface area (Å²) < 4.78 is 1.94. The number of aromatic nitrogens is 2. The zero-order chi connectivity index (χ0) is 12.5. The molecular weight excluding hydrogens is 226 g/mol. The van der Waals surface area contributed by atoms with Crippen LogP contribution in [0.3, 0.4) is 0 Å². The van der Waals surface area contributed by atoms with Gasteiger partial charge in [0, 0.05) is 24.7 Å². The van der Waals surface area contributed by atoms with E-state index < -0.39 is 0 Å². The molecule has 18 heavy (non-hydrogen) atoms. The fourth-order valence-electron chi connectivity index (χ4n) is 2.01. The highest BCUT2D eigenvalue weighted by molar-refractivity contribution is 5.96. The summed E-state index contributed by atoms with van der Waals surface area (Å²) in [7, 11) is 0. The van der Waals surface area contributed by atoms with E-state index in [-0.39, 0.29) is 5.78 Å². The van der Waals surface area contributed by atoms with Gasteiger partial charge in [-0.3, -0.25) is 4.79 Å². The van der Waals surface area contributed by atoms with Crippen molar-refractivity contribution in [3.63, 3.8) is 0 Å². The summed E-state index contributed by atoms with van der Waals surface area (Å²) in [5.41, 5.74) is 7.79. The first-order valence-corrected chi connectivity index (χ1v) is 5.70. The first kappa shape index (κ1) is 10.6. The van der Waals surface area contributed by atoms with Gasteiger partial charge in [0.25, 0.3) is 0 Å². The lowest BCUT2D eigenvalue weighted by atomic mass is 10.2. The van der Waals surface area contributed by atoms with Gasteiger partial charge in [-0.05, 0) is 24.1 Å². The lowest BCUT2D eigenvalue weighted by molar-refractivity contribution is 0.0994. The molecule has 0 aliphatic carbocycles. The van der Waals surface area contributed by atoms with E-state index in [2.05, 4.69) is 16.8 Å². The monoisotopic (exact) mass is 237 g/mol. The SMILES string of the molecule is Nc1cccc(C#Cc2cc3n(c2)CCC3=O)n1. The molecule has 2 aromatic rings. The summed E-state index contributed by atoms with van der Waals surface area (Å²) in [4.78, 5) is 15.6. The number of nitrogens with two attached hydrogens (primary N) is 1. The number of nitrogens with zero attached hydrogens (tertiary/aromatic N) is 2. The highest BCUT2D eigenvalue weighted by Crippen LogP contribution is 2.17. The first-order chi connectivity index (χ1) is 8.72. The lowest BCUT2D eigenvalue weighted by Gasteiger charge is -1.91. The number of pyridine rings is 1. The van der Waals surface area contributed by atoms with Crippen LogP contribution in [0.2, 0.25) is 0 Å². The standard InChI is InChI=1S/C14H11N3O/c15-14-3-1-2-11(16-14)5-4-10-8-12-13(18)6-7-17(12)9-10/h1-3,8-9H,6-7H2,(H2,15,16). The number of fused-ring (bicyclic) bond motifs is 1. The van der Waals surface area contributed by atoms with Crippen molar-refractivity contribution >= 4 is 11.6 Å². The molecule has 0 saturated carbocycles. The van der Waals surface area contributed by atoms with E-state index in [9.17, 15) is 4.79 Å². The Bertz CT molecular complexity index is 689. The summed E-state index contributed by atoms with van der Waals surface area (Å²) >= 11 is 0. The number of carbonyl (C=O) groups excluding carboxylic acids is 1. The number of anilines is 1. The molecule has 2 N–H and O–H groups in total. The van der Waals surface area contributed by atoms with Crippen LogP contribution in [0.25, 0.3) is 0 Å². The molecule has 0 unspecified atom stereocenters. The van der Waals surface area contributed by atoms with Crippen LogP contribution in [-0.2, 0) is 6.54 Å². The normalized spacial score (nSPS) is 13.0. The minimum Gasteiger partial charge on any atom is -0.384 e. The molecular formula is C14H11N3O.